The second-order valence-corrected chi connectivity index (χ2v) is 5.58. The summed E-state index contributed by atoms with van der Waals surface area (Å²) in [5, 5.41) is 13.8. The average molecular weight is 255 g/mol. The maximum atomic E-state index is 12.2. The fraction of sp³-hybridized carbons (Fsp3) is 0.727. The third-order valence-corrected chi connectivity index (χ3v) is 4.01. The van der Waals surface area contributed by atoms with Gasteiger partial charge in [0.1, 0.15) is 4.88 Å². The lowest BCUT2D eigenvalue weighted by Crippen LogP contribution is -2.33. The predicted octanol–water partition coefficient (Wildman–Crippen LogP) is 1.22. The molecule has 94 valence electrons. The van der Waals surface area contributed by atoms with Gasteiger partial charge in [-0.2, -0.15) is 0 Å². The highest BCUT2D eigenvalue weighted by atomic mass is 32.1. The van der Waals surface area contributed by atoms with Crippen LogP contribution in [0.25, 0.3) is 0 Å². The average Bonchev–Trinajstić information content (AvgIpc) is 2.59. The van der Waals surface area contributed by atoms with Crippen molar-refractivity contribution in [1.29, 1.82) is 0 Å². The minimum atomic E-state index is -0.643. The first kappa shape index (κ1) is 12.4. The quantitative estimate of drug-likeness (QED) is 0.819. The molecule has 1 aliphatic rings. The Bertz CT molecular complexity index is 417. The van der Waals surface area contributed by atoms with Crippen molar-refractivity contribution < 1.29 is 9.90 Å². The Kier molecular flexibility index (Phi) is 3.44. The van der Waals surface area contributed by atoms with Gasteiger partial charge in [0.15, 0.2) is 0 Å². The van der Waals surface area contributed by atoms with E-state index in [2.05, 4.69) is 9.59 Å². The van der Waals surface area contributed by atoms with Gasteiger partial charge < -0.3 is 10.0 Å². The molecule has 0 bridgehead atoms. The summed E-state index contributed by atoms with van der Waals surface area (Å²) in [7, 11) is 0. The summed E-state index contributed by atoms with van der Waals surface area (Å²) in [5.41, 5.74) is 0.0479. The highest BCUT2D eigenvalue weighted by molar-refractivity contribution is 7.07. The normalized spacial score (nSPS) is 25.7. The van der Waals surface area contributed by atoms with Crippen LogP contribution in [0.1, 0.15) is 41.6 Å². The maximum Gasteiger partial charge on any atom is 0.267 e. The van der Waals surface area contributed by atoms with Crippen molar-refractivity contribution in [3.05, 3.63) is 10.6 Å². The molecule has 1 saturated heterocycles. The van der Waals surface area contributed by atoms with Crippen LogP contribution in [0.4, 0.5) is 0 Å². The van der Waals surface area contributed by atoms with Crippen LogP contribution in [-0.2, 0) is 0 Å². The number of carbonyl (C=O) groups is 1. The van der Waals surface area contributed by atoms with Crippen LogP contribution in [0, 0.1) is 6.92 Å². The van der Waals surface area contributed by atoms with Gasteiger partial charge in [-0.15, -0.1) is 5.10 Å². The maximum absolute atomic E-state index is 12.2. The summed E-state index contributed by atoms with van der Waals surface area (Å²) in [5.74, 6) is -0.00444. The second-order valence-electron chi connectivity index (χ2n) is 4.83. The number of nitrogens with zero attached hydrogens (tertiary/aromatic N) is 3. The highest BCUT2D eigenvalue weighted by Gasteiger charge is 2.28. The molecule has 1 N–H and O–H groups in total. The first-order chi connectivity index (χ1) is 7.99. The molecule has 1 atom stereocenters. The molecule has 6 heteroatoms. The van der Waals surface area contributed by atoms with Crippen molar-refractivity contribution >= 4 is 17.4 Å². The lowest BCUT2D eigenvalue weighted by molar-refractivity contribution is 0.0438. The van der Waals surface area contributed by atoms with Crippen molar-refractivity contribution in [3.63, 3.8) is 0 Å². The lowest BCUT2D eigenvalue weighted by atomic mass is 9.98. The van der Waals surface area contributed by atoms with Crippen molar-refractivity contribution in [2.45, 2.75) is 38.7 Å². The van der Waals surface area contributed by atoms with E-state index in [0.29, 0.717) is 30.1 Å². The largest absolute Gasteiger partial charge is 0.390 e. The smallest absolute Gasteiger partial charge is 0.267 e. The molecule has 2 rings (SSSR count). The van der Waals surface area contributed by atoms with Gasteiger partial charge in [-0.3, -0.25) is 4.79 Å². The fourth-order valence-corrected chi connectivity index (χ4v) is 2.66. The second kappa shape index (κ2) is 4.70. The van der Waals surface area contributed by atoms with E-state index in [-0.39, 0.29) is 5.91 Å². The van der Waals surface area contributed by atoms with E-state index in [1.54, 1.807) is 11.8 Å². The van der Waals surface area contributed by atoms with Gasteiger partial charge in [0.25, 0.3) is 5.91 Å². The number of aryl methyl sites for hydroxylation is 1. The predicted molar refractivity (Wildman–Crippen MR) is 65.0 cm³/mol. The van der Waals surface area contributed by atoms with E-state index < -0.39 is 5.60 Å². The third kappa shape index (κ3) is 2.81. The highest BCUT2D eigenvalue weighted by Crippen LogP contribution is 2.23. The zero-order valence-corrected chi connectivity index (χ0v) is 11.0. The molecule has 1 fully saturated rings. The Morgan fingerprint density at radius 2 is 2.24 bits per heavy atom. The minimum absolute atomic E-state index is 0.00444. The Labute approximate surface area is 105 Å². The van der Waals surface area contributed by atoms with E-state index >= 15 is 0 Å². The van der Waals surface area contributed by atoms with Gasteiger partial charge in [0.2, 0.25) is 0 Å². The van der Waals surface area contributed by atoms with Crippen LogP contribution in [0.5, 0.6) is 0 Å². The van der Waals surface area contributed by atoms with Gasteiger partial charge in [0, 0.05) is 13.1 Å². The molecule has 1 amide bonds. The van der Waals surface area contributed by atoms with Crippen LogP contribution in [0.3, 0.4) is 0 Å². The molecule has 0 aliphatic carbocycles. The van der Waals surface area contributed by atoms with Crippen molar-refractivity contribution in [1.82, 2.24) is 14.5 Å². The number of carbonyl (C=O) groups excluding carboxylic acids is 1. The SMILES string of the molecule is Cc1nnsc1C(=O)N1CCCC(C)(O)CC1. The molecule has 2 heterocycles. The molecular formula is C11H17N3O2S. The molecule has 5 nitrogen and oxygen atoms in total. The zero-order chi connectivity index (χ0) is 12.5. The summed E-state index contributed by atoms with van der Waals surface area (Å²) in [6, 6.07) is 0. The molecular weight excluding hydrogens is 238 g/mol. The van der Waals surface area contributed by atoms with Crippen molar-refractivity contribution in [2.24, 2.45) is 0 Å². The van der Waals surface area contributed by atoms with Gasteiger partial charge in [-0.25, -0.2) is 0 Å². The molecule has 0 spiro atoms. The monoisotopic (exact) mass is 255 g/mol. The van der Waals surface area contributed by atoms with Crippen LogP contribution in [0.2, 0.25) is 0 Å². The number of amides is 1. The summed E-state index contributed by atoms with van der Waals surface area (Å²) in [4.78, 5) is 14.6. The summed E-state index contributed by atoms with van der Waals surface area (Å²) < 4.78 is 3.78. The van der Waals surface area contributed by atoms with Crippen molar-refractivity contribution in [2.75, 3.05) is 13.1 Å². The molecule has 0 saturated carbocycles. The van der Waals surface area contributed by atoms with Gasteiger partial charge in [-0.1, -0.05) is 4.49 Å². The van der Waals surface area contributed by atoms with Crippen LogP contribution < -0.4 is 0 Å². The van der Waals surface area contributed by atoms with E-state index in [0.717, 1.165) is 24.4 Å². The molecule has 17 heavy (non-hydrogen) atoms. The first-order valence-electron chi connectivity index (χ1n) is 5.80. The van der Waals surface area contributed by atoms with E-state index in [4.69, 9.17) is 0 Å². The summed E-state index contributed by atoms with van der Waals surface area (Å²) in [6.45, 7) is 4.93. The Hall–Kier alpha value is -1.01. The molecule has 0 aromatic carbocycles. The van der Waals surface area contributed by atoms with E-state index in [1.165, 1.54) is 0 Å². The minimum Gasteiger partial charge on any atom is -0.390 e. The summed E-state index contributed by atoms with van der Waals surface area (Å²) in [6.07, 6.45) is 2.21. The van der Waals surface area contributed by atoms with Gasteiger partial charge in [0.05, 0.1) is 11.3 Å². The number of hydrogen-bond acceptors (Lipinski definition) is 5. The molecule has 0 radical (unpaired) electrons. The van der Waals surface area contributed by atoms with Crippen LogP contribution in [-0.4, -0.2) is 44.2 Å². The van der Waals surface area contributed by atoms with E-state index in [1.807, 2.05) is 6.92 Å². The fourth-order valence-electron chi connectivity index (χ4n) is 2.04. The Balaban J connectivity index is 2.08. The molecule has 1 aromatic rings. The Morgan fingerprint density at radius 1 is 1.47 bits per heavy atom. The topological polar surface area (TPSA) is 66.3 Å². The number of rotatable bonds is 1. The number of likely N-dealkylation sites (tertiary alicyclic amines) is 1. The Morgan fingerprint density at radius 3 is 2.88 bits per heavy atom. The zero-order valence-electron chi connectivity index (χ0n) is 10.1. The van der Waals surface area contributed by atoms with Gasteiger partial charge in [-0.05, 0) is 44.6 Å². The lowest BCUT2D eigenvalue weighted by Gasteiger charge is -2.22. The van der Waals surface area contributed by atoms with Crippen molar-refractivity contribution in [3.8, 4) is 0 Å². The standard InChI is InChI=1S/C11H17N3O2S/c1-8-9(17-13-12-8)10(15)14-6-3-4-11(2,16)5-7-14/h16H,3-7H2,1-2H3. The molecule has 1 aromatic heterocycles. The number of hydrogen-bond donors (Lipinski definition) is 1. The molecule has 1 unspecified atom stereocenters. The van der Waals surface area contributed by atoms with Crippen LogP contribution in [0.15, 0.2) is 0 Å². The first-order valence-corrected chi connectivity index (χ1v) is 6.57. The summed E-state index contributed by atoms with van der Waals surface area (Å²) >= 11 is 1.14. The van der Waals surface area contributed by atoms with Crippen LogP contribution >= 0.6 is 11.5 Å². The van der Waals surface area contributed by atoms with E-state index in [9.17, 15) is 9.90 Å². The number of aromatic nitrogens is 2. The van der Waals surface area contributed by atoms with Gasteiger partial charge >= 0.3 is 0 Å². The number of aliphatic hydroxyl groups is 1. The molecule has 1 aliphatic heterocycles. The third-order valence-electron chi connectivity index (χ3n) is 3.20.